The number of hydrogen-bond donors (Lipinski definition) is 1. The van der Waals surface area contributed by atoms with Crippen LogP contribution in [0, 0.1) is 0 Å². The second-order valence-electron chi connectivity index (χ2n) is 4.67. The number of methoxy groups -OCH3 is 1. The van der Waals surface area contributed by atoms with Gasteiger partial charge in [-0.15, -0.1) is 0 Å². The first-order chi connectivity index (χ1) is 8.29. The molecule has 1 fully saturated rings. The van der Waals surface area contributed by atoms with Crippen molar-refractivity contribution in [2.24, 2.45) is 0 Å². The summed E-state index contributed by atoms with van der Waals surface area (Å²) in [4.78, 5) is 0. The summed E-state index contributed by atoms with van der Waals surface area (Å²) in [6.07, 6.45) is 6.68. The lowest BCUT2D eigenvalue weighted by molar-refractivity contribution is 0.365. The van der Waals surface area contributed by atoms with Crippen LogP contribution in [-0.4, -0.2) is 13.2 Å². The molecular weight excluding hydrogens is 234 g/mol. The molecule has 2 rings (SSSR count). The number of hydrogen-bond acceptors (Lipinski definition) is 2. The monoisotopic (exact) mass is 253 g/mol. The van der Waals surface area contributed by atoms with Crippen LogP contribution >= 0.6 is 11.6 Å². The largest absolute Gasteiger partial charge is 0.496 e. The Hall–Kier alpha value is -0.730. The van der Waals surface area contributed by atoms with Gasteiger partial charge in [0.2, 0.25) is 0 Å². The SMILES string of the molecule is COc1ccc(Cl)cc1CNC1CCCCC1. The Balaban J connectivity index is 1.95. The van der Waals surface area contributed by atoms with Crippen LogP contribution in [0.5, 0.6) is 5.75 Å². The molecule has 0 aliphatic heterocycles. The van der Waals surface area contributed by atoms with Gasteiger partial charge in [-0.1, -0.05) is 30.9 Å². The Morgan fingerprint density at radius 1 is 1.29 bits per heavy atom. The zero-order valence-electron chi connectivity index (χ0n) is 10.3. The van der Waals surface area contributed by atoms with E-state index < -0.39 is 0 Å². The van der Waals surface area contributed by atoms with Crippen LogP contribution in [0.25, 0.3) is 0 Å². The van der Waals surface area contributed by atoms with Crippen molar-refractivity contribution in [2.75, 3.05) is 7.11 Å². The predicted octanol–water partition coefficient (Wildman–Crippen LogP) is 3.77. The number of nitrogens with one attached hydrogen (secondary N) is 1. The highest BCUT2D eigenvalue weighted by atomic mass is 35.5. The summed E-state index contributed by atoms with van der Waals surface area (Å²) in [7, 11) is 1.70. The van der Waals surface area contributed by atoms with E-state index in [1.807, 2.05) is 18.2 Å². The standard InChI is InChI=1S/C14H20ClNO/c1-17-14-8-7-12(15)9-11(14)10-16-13-5-3-2-4-6-13/h7-9,13,16H,2-6,10H2,1H3. The molecule has 0 aromatic heterocycles. The van der Waals surface area contributed by atoms with Crippen molar-refractivity contribution < 1.29 is 4.74 Å². The number of halogens is 1. The van der Waals surface area contributed by atoms with E-state index >= 15 is 0 Å². The molecule has 1 saturated carbocycles. The molecule has 0 unspecified atom stereocenters. The van der Waals surface area contributed by atoms with Crippen molar-refractivity contribution in [2.45, 2.75) is 44.7 Å². The maximum absolute atomic E-state index is 6.01. The first-order valence-electron chi connectivity index (χ1n) is 6.35. The molecule has 1 N–H and O–H groups in total. The van der Waals surface area contributed by atoms with Gasteiger partial charge in [0.25, 0.3) is 0 Å². The number of ether oxygens (including phenoxy) is 1. The second kappa shape index (κ2) is 6.27. The van der Waals surface area contributed by atoms with Crippen LogP contribution < -0.4 is 10.1 Å². The fourth-order valence-corrected chi connectivity index (χ4v) is 2.64. The van der Waals surface area contributed by atoms with Gasteiger partial charge >= 0.3 is 0 Å². The van der Waals surface area contributed by atoms with Crippen molar-refractivity contribution >= 4 is 11.6 Å². The second-order valence-corrected chi connectivity index (χ2v) is 5.11. The van der Waals surface area contributed by atoms with Crippen molar-refractivity contribution in [3.05, 3.63) is 28.8 Å². The third kappa shape index (κ3) is 3.62. The van der Waals surface area contributed by atoms with E-state index in [0.29, 0.717) is 6.04 Å². The number of benzene rings is 1. The van der Waals surface area contributed by atoms with E-state index in [1.54, 1.807) is 7.11 Å². The summed E-state index contributed by atoms with van der Waals surface area (Å²) >= 11 is 6.01. The molecule has 1 aliphatic rings. The van der Waals surface area contributed by atoms with Crippen LogP contribution in [0.1, 0.15) is 37.7 Å². The van der Waals surface area contributed by atoms with Gasteiger partial charge in [-0.3, -0.25) is 0 Å². The van der Waals surface area contributed by atoms with Gasteiger partial charge in [-0.2, -0.15) is 0 Å². The zero-order valence-corrected chi connectivity index (χ0v) is 11.1. The molecule has 1 aromatic carbocycles. The van der Waals surface area contributed by atoms with Crippen LogP contribution in [0.3, 0.4) is 0 Å². The Bertz CT molecular complexity index is 361. The van der Waals surface area contributed by atoms with Crippen LogP contribution in [0.2, 0.25) is 5.02 Å². The van der Waals surface area contributed by atoms with Crippen molar-refractivity contribution in [3.63, 3.8) is 0 Å². The van der Waals surface area contributed by atoms with Crippen molar-refractivity contribution in [3.8, 4) is 5.75 Å². The third-order valence-corrected chi connectivity index (χ3v) is 3.66. The fourth-order valence-electron chi connectivity index (χ4n) is 2.45. The Morgan fingerprint density at radius 3 is 2.76 bits per heavy atom. The fraction of sp³-hybridized carbons (Fsp3) is 0.571. The first-order valence-corrected chi connectivity index (χ1v) is 6.73. The summed E-state index contributed by atoms with van der Waals surface area (Å²) in [5.41, 5.74) is 1.14. The highest BCUT2D eigenvalue weighted by Gasteiger charge is 2.13. The van der Waals surface area contributed by atoms with Gasteiger partial charge in [-0.05, 0) is 31.0 Å². The minimum atomic E-state index is 0.660. The summed E-state index contributed by atoms with van der Waals surface area (Å²) < 4.78 is 5.34. The van der Waals surface area contributed by atoms with E-state index in [-0.39, 0.29) is 0 Å². The summed E-state index contributed by atoms with van der Waals surface area (Å²) in [6, 6.07) is 6.44. The Kier molecular flexibility index (Phi) is 4.69. The van der Waals surface area contributed by atoms with Gasteiger partial charge in [-0.25, -0.2) is 0 Å². The molecule has 0 spiro atoms. The molecule has 1 aliphatic carbocycles. The lowest BCUT2D eigenvalue weighted by Crippen LogP contribution is -2.30. The smallest absolute Gasteiger partial charge is 0.123 e. The topological polar surface area (TPSA) is 21.3 Å². The molecule has 0 atom stereocenters. The van der Waals surface area contributed by atoms with Crippen LogP contribution in [-0.2, 0) is 6.54 Å². The highest BCUT2D eigenvalue weighted by molar-refractivity contribution is 6.30. The summed E-state index contributed by atoms with van der Waals surface area (Å²) in [5.74, 6) is 0.915. The average molecular weight is 254 g/mol. The molecule has 0 amide bonds. The first kappa shape index (κ1) is 12.7. The maximum atomic E-state index is 6.01. The van der Waals surface area contributed by atoms with Gasteiger partial charge < -0.3 is 10.1 Å². The highest BCUT2D eigenvalue weighted by Crippen LogP contribution is 2.23. The van der Waals surface area contributed by atoms with Crippen LogP contribution in [0.4, 0.5) is 0 Å². The van der Waals surface area contributed by atoms with Gasteiger partial charge in [0.15, 0.2) is 0 Å². The molecule has 0 bridgehead atoms. The van der Waals surface area contributed by atoms with E-state index in [2.05, 4.69) is 5.32 Å². The van der Waals surface area contributed by atoms with Crippen molar-refractivity contribution in [1.82, 2.24) is 5.32 Å². The lowest BCUT2D eigenvalue weighted by Gasteiger charge is -2.23. The molecule has 0 saturated heterocycles. The van der Waals surface area contributed by atoms with Gasteiger partial charge in [0.05, 0.1) is 7.11 Å². The van der Waals surface area contributed by atoms with Gasteiger partial charge in [0, 0.05) is 23.2 Å². The predicted molar refractivity (Wildman–Crippen MR) is 71.7 cm³/mol. The van der Waals surface area contributed by atoms with Gasteiger partial charge in [0.1, 0.15) is 5.75 Å². The number of rotatable bonds is 4. The molecular formula is C14H20ClNO. The average Bonchev–Trinajstić information content (AvgIpc) is 2.38. The zero-order chi connectivity index (χ0) is 12.1. The minimum absolute atomic E-state index is 0.660. The van der Waals surface area contributed by atoms with Crippen LogP contribution in [0.15, 0.2) is 18.2 Å². The normalized spacial score (nSPS) is 17.1. The quantitative estimate of drug-likeness (QED) is 0.882. The molecule has 1 aromatic rings. The molecule has 17 heavy (non-hydrogen) atoms. The van der Waals surface area contributed by atoms with E-state index in [9.17, 15) is 0 Å². The molecule has 0 radical (unpaired) electrons. The lowest BCUT2D eigenvalue weighted by atomic mass is 9.95. The summed E-state index contributed by atoms with van der Waals surface area (Å²) in [5, 5.41) is 4.37. The van der Waals surface area contributed by atoms with E-state index in [1.165, 1.54) is 32.1 Å². The molecule has 94 valence electrons. The Morgan fingerprint density at radius 2 is 2.06 bits per heavy atom. The molecule has 2 nitrogen and oxygen atoms in total. The Labute approximate surface area is 108 Å². The maximum Gasteiger partial charge on any atom is 0.123 e. The minimum Gasteiger partial charge on any atom is -0.496 e. The van der Waals surface area contributed by atoms with Crippen molar-refractivity contribution in [1.29, 1.82) is 0 Å². The third-order valence-electron chi connectivity index (χ3n) is 3.43. The summed E-state index contributed by atoms with van der Waals surface area (Å²) in [6.45, 7) is 0.842. The van der Waals surface area contributed by atoms with E-state index in [0.717, 1.165) is 22.9 Å². The molecule has 0 heterocycles. The van der Waals surface area contributed by atoms with E-state index in [4.69, 9.17) is 16.3 Å². The molecule has 3 heteroatoms.